The van der Waals surface area contributed by atoms with Crippen LogP contribution in [0.1, 0.15) is 36.8 Å². The molecule has 28 heavy (non-hydrogen) atoms. The third kappa shape index (κ3) is 4.89. The van der Waals surface area contributed by atoms with E-state index in [1.54, 1.807) is 18.4 Å². The number of carboxylic acid groups (broad SMARTS) is 1. The lowest BCUT2D eigenvalue weighted by molar-refractivity contribution is -0.137. The Morgan fingerprint density at radius 2 is 2.00 bits per heavy atom. The highest BCUT2D eigenvalue weighted by Crippen LogP contribution is 2.33. The van der Waals surface area contributed by atoms with Crippen molar-refractivity contribution in [1.82, 2.24) is 4.98 Å². The first-order chi connectivity index (χ1) is 13.6. The van der Waals surface area contributed by atoms with Crippen LogP contribution in [0.3, 0.4) is 0 Å². The Bertz CT molecular complexity index is 960. The molecule has 0 aliphatic heterocycles. The van der Waals surface area contributed by atoms with Crippen LogP contribution in [-0.2, 0) is 4.79 Å². The van der Waals surface area contributed by atoms with E-state index in [1.807, 2.05) is 49.4 Å². The summed E-state index contributed by atoms with van der Waals surface area (Å²) in [4.78, 5) is 15.7. The topological polar surface area (TPSA) is 68.7 Å². The summed E-state index contributed by atoms with van der Waals surface area (Å²) >= 11 is 1.62. The van der Waals surface area contributed by atoms with Gasteiger partial charge in [0.05, 0.1) is 23.9 Å². The fourth-order valence-corrected chi connectivity index (χ4v) is 3.94. The lowest BCUT2D eigenvalue weighted by Gasteiger charge is -2.10. The molecule has 3 aromatic rings. The molecule has 0 aliphatic rings. The molecule has 0 fully saturated rings. The van der Waals surface area contributed by atoms with E-state index in [2.05, 4.69) is 6.08 Å². The van der Waals surface area contributed by atoms with Crippen LogP contribution in [0.2, 0.25) is 0 Å². The molecule has 0 radical (unpaired) electrons. The molecule has 1 aromatic heterocycles. The van der Waals surface area contributed by atoms with Crippen LogP contribution in [0.25, 0.3) is 21.9 Å². The van der Waals surface area contributed by atoms with Crippen molar-refractivity contribution in [2.75, 3.05) is 13.7 Å². The van der Waals surface area contributed by atoms with Crippen molar-refractivity contribution in [1.29, 1.82) is 0 Å². The van der Waals surface area contributed by atoms with Gasteiger partial charge >= 0.3 is 5.97 Å². The van der Waals surface area contributed by atoms with Crippen LogP contribution >= 0.6 is 11.3 Å². The van der Waals surface area contributed by atoms with Gasteiger partial charge in [0, 0.05) is 6.42 Å². The smallest absolute Gasteiger partial charge is 0.303 e. The van der Waals surface area contributed by atoms with Crippen molar-refractivity contribution in [2.45, 2.75) is 26.2 Å². The van der Waals surface area contributed by atoms with Gasteiger partial charge in [0.25, 0.3) is 0 Å². The molecule has 0 bridgehead atoms. The van der Waals surface area contributed by atoms with E-state index < -0.39 is 5.97 Å². The standard InChI is InChI=1S/C22H23NO4S/c1-3-27-19-14-15(11-12-18(19)26-2)13-16(7-6-10-21(24)25)22-23-17-8-4-5-9-20(17)28-22/h4-5,8-9,11-14H,3,6-7,10H2,1-2H3,(H,24,25)/b16-13+. The molecular weight excluding hydrogens is 374 g/mol. The Balaban J connectivity index is 1.97. The summed E-state index contributed by atoms with van der Waals surface area (Å²) in [7, 11) is 1.62. The number of thiazole rings is 1. The fraction of sp³-hybridized carbons (Fsp3) is 0.273. The summed E-state index contributed by atoms with van der Waals surface area (Å²) in [5.74, 6) is 0.589. The van der Waals surface area contributed by atoms with Gasteiger partial charge in [-0.05, 0) is 61.2 Å². The highest BCUT2D eigenvalue weighted by atomic mass is 32.1. The van der Waals surface area contributed by atoms with Crippen LogP contribution in [0.4, 0.5) is 0 Å². The first kappa shape index (κ1) is 19.9. The van der Waals surface area contributed by atoms with Gasteiger partial charge in [-0.15, -0.1) is 11.3 Å². The number of rotatable bonds is 9. The van der Waals surface area contributed by atoms with Crippen molar-refractivity contribution in [2.24, 2.45) is 0 Å². The van der Waals surface area contributed by atoms with Gasteiger partial charge in [-0.2, -0.15) is 0 Å². The van der Waals surface area contributed by atoms with E-state index in [0.717, 1.165) is 26.4 Å². The predicted molar refractivity (Wildman–Crippen MR) is 113 cm³/mol. The lowest BCUT2D eigenvalue weighted by atomic mass is 10.0. The number of aromatic nitrogens is 1. The average Bonchev–Trinajstić information content (AvgIpc) is 3.11. The van der Waals surface area contributed by atoms with E-state index in [0.29, 0.717) is 30.9 Å². The van der Waals surface area contributed by atoms with Crippen molar-refractivity contribution in [3.63, 3.8) is 0 Å². The zero-order chi connectivity index (χ0) is 19.9. The van der Waals surface area contributed by atoms with Crippen LogP contribution in [0, 0.1) is 0 Å². The van der Waals surface area contributed by atoms with Crippen LogP contribution in [0.5, 0.6) is 11.5 Å². The molecule has 0 spiro atoms. The quantitative estimate of drug-likeness (QED) is 0.516. The molecule has 0 saturated carbocycles. The molecule has 2 aromatic carbocycles. The molecule has 5 nitrogen and oxygen atoms in total. The summed E-state index contributed by atoms with van der Waals surface area (Å²) in [5, 5.41) is 9.91. The summed E-state index contributed by atoms with van der Waals surface area (Å²) in [6.45, 7) is 2.48. The van der Waals surface area contributed by atoms with E-state index >= 15 is 0 Å². The molecule has 0 atom stereocenters. The number of ether oxygens (including phenoxy) is 2. The number of hydrogen-bond acceptors (Lipinski definition) is 5. The Morgan fingerprint density at radius 3 is 2.71 bits per heavy atom. The van der Waals surface area contributed by atoms with Gasteiger partial charge in [-0.25, -0.2) is 4.98 Å². The number of allylic oxidation sites excluding steroid dienone is 1. The highest BCUT2D eigenvalue weighted by Gasteiger charge is 2.11. The summed E-state index contributed by atoms with van der Waals surface area (Å²) < 4.78 is 12.1. The monoisotopic (exact) mass is 397 g/mol. The summed E-state index contributed by atoms with van der Waals surface area (Å²) in [5.41, 5.74) is 2.94. The maximum atomic E-state index is 10.9. The minimum atomic E-state index is -0.785. The Kier molecular flexibility index (Phi) is 6.66. The van der Waals surface area contributed by atoms with Gasteiger partial charge in [0.2, 0.25) is 0 Å². The second kappa shape index (κ2) is 9.37. The van der Waals surface area contributed by atoms with Gasteiger partial charge < -0.3 is 14.6 Å². The second-order valence-electron chi connectivity index (χ2n) is 6.25. The molecule has 3 rings (SSSR count). The van der Waals surface area contributed by atoms with Crippen molar-refractivity contribution in [3.8, 4) is 11.5 Å². The minimum Gasteiger partial charge on any atom is -0.493 e. The second-order valence-corrected chi connectivity index (χ2v) is 7.28. The molecule has 0 amide bonds. The average molecular weight is 397 g/mol. The number of para-hydroxylation sites is 1. The van der Waals surface area contributed by atoms with Crippen LogP contribution in [0.15, 0.2) is 42.5 Å². The van der Waals surface area contributed by atoms with E-state index in [9.17, 15) is 4.79 Å². The normalized spacial score (nSPS) is 11.6. The zero-order valence-electron chi connectivity index (χ0n) is 16.0. The van der Waals surface area contributed by atoms with Crippen molar-refractivity contribution in [3.05, 3.63) is 53.0 Å². The summed E-state index contributed by atoms with van der Waals surface area (Å²) in [6, 6.07) is 13.8. The maximum Gasteiger partial charge on any atom is 0.303 e. The van der Waals surface area contributed by atoms with Crippen LogP contribution in [-0.4, -0.2) is 29.8 Å². The third-order valence-corrected chi connectivity index (χ3v) is 5.35. The molecule has 0 saturated heterocycles. The molecule has 146 valence electrons. The van der Waals surface area contributed by atoms with E-state index in [4.69, 9.17) is 19.6 Å². The molecule has 0 aliphatic carbocycles. The molecule has 1 N–H and O–H groups in total. The van der Waals surface area contributed by atoms with E-state index in [1.165, 1.54) is 0 Å². The van der Waals surface area contributed by atoms with E-state index in [-0.39, 0.29) is 6.42 Å². The molecule has 6 heteroatoms. The number of benzene rings is 2. The van der Waals surface area contributed by atoms with Gasteiger partial charge in [-0.3, -0.25) is 4.79 Å². The van der Waals surface area contributed by atoms with Gasteiger partial charge in [0.15, 0.2) is 11.5 Å². The van der Waals surface area contributed by atoms with Crippen molar-refractivity contribution < 1.29 is 19.4 Å². The number of fused-ring (bicyclic) bond motifs is 1. The molecule has 1 heterocycles. The Hall–Kier alpha value is -2.86. The highest BCUT2D eigenvalue weighted by molar-refractivity contribution is 7.19. The molecule has 0 unspecified atom stereocenters. The lowest BCUT2D eigenvalue weighted by Crippen LogP contribution is -1.96. The number of carbonyl (C=O) groups is 1. The first-order valence-electron chi connectivity index (χ1n) is 9.20. The number of methoxy groups -OCH3 is 1. The largest absolute Gasteiger partial charge is 0.493 e. The summed E-state index contributed by atoms with van der Waals surface area (Å²) in [6.07, 6.45) is 3.39. The maximum absolute atomic E-state index is 10.9. The predicted octanol–water partition coefficient (Wildman–Crippen LogP) is 5.50. The Labute approximate surface area is 168 Å². The fourth-order valence-electron chi connectivity index (χ4n) is 2.93. The SMILES string of the molecule is CCOc1cc(/C=C(\CCCC(=O)O)c2nc3ccccc3s2)ccc1OC. The number of hydrogen-bond donors (Lipinski definition) is 1. The van der Waals surface area contributed by atoms with Crippen molar-refractivity contribution >= 4 is 39.2 Å². The third-order valence-electron chi connectivity index (χ3n) is 4.23. The minimum absolute atomic E-state index is 0.134. The molecular formula is C22H23NO4S. The zero-order valence-corrected chi connectivity index (χ0v) is 16.8. The van der Waals surface area contributed by atoms with Gasteiger partial charge in [-0.1, -0.05) is 18.2 Å². The van der Waals surface area contributed by atoms with Gasteiger partial charge in [0.1, 0.15) is 5.01 Å². The first-order valence-corrected chi connectivity index (χ1v) is 10.0. The number of aliphatic carboxylic acids is 1. The number of nitrogens with zero attached hydrogens (tertiary/aromatic N) is 1. The van der Waals surface area contributed by atoms with Crippen LogP contribution < -0.4 is 9.47 Å². The number of carboxylic acids is 1. The Morgan fingerprint density at radius 1 is 1.18 bits per heavy atom.